The van der Waals surface area contributed by atoms with Crippen molar-refractivity contribution in [1.29, 1.82) is 0 Å². The maximum atomic E-state index is 7.80. The van der Waals surface area contributed by atoms with Gasteiger partial charge in [0.2, 0.25) is 0 Å². The van der Waals surface area contributed by atoms with Crippen LogP contribution >= 0.6 is 0 Å². The zero-order valence-corrected chi connectivity index (χ0v) is 9.14. The minimum absolute atomic E-state index is 0.155. The van der Waals surface area contributed by atoms with Crippen molar-refractivity contribution >= 4 is 0 Å². The Morgan fingerprint density at radius 3 is 2.21 bits per heavy atom. The van der Waals surface area contributed by atoms with E-state index in [-0.39, 0.29) is 5.41 Å². The molecule has 14 heavy (non-hydrogen) atoms. The van der Waals surface area contributed by atoms with Crippen LogP contribution in [0.5, 0.6) is 0 Å². The van der Waals surface area contributed by atoms with Crippen LogP contribution in [0.1, 0.15) is 46.9 Å². The van der Waals surface area contributed by atoms with Gasteiger partial charge in [-0.1, -0.05) is 44.5 Å². The van der Waals surface area contributed by atoms with Gasteiger partial charge in [0.05, 0.1) is 0 Å². The molecule has 1 aromatic carbocycles. The lowest BCUT2D eigenvalue weighted by Gasteiger charge is -2.26. The van der Waals surface area contributed by atoms with Crippen LogP contribution in [0.3, 0.4) is 0 Å². The smallest absolute Gasteiger partial charge is 0.0264 e. The third kappa shape index (κ3) is 1.58. The molecule has 76 valence electrons. The van der Waals surface area contributed by atoms with E-state index in [2.05, 4.69) is 31.2 Å². The first-order valence-electron chi connectivity index (χ1n) is 6.51. The van der Waals surface area contributed by atoms with Gasteiger partial charge in [-0.2, -0.15) is 0 Å². The van der Waals surface area contributed by atoms with Crippen molar-refractivity contribution in [3.05, 3.63) is 35.4 Å². The highest BCUT2D eigenvalue weighted by atomic mass is 14.4. The van der Waals surface area contributed by atoms with Crippen LogP contribution in [0, 0.1) is 5.41 Å². The predicted octanol–water partition coefficient (Wildman–Crippen LogP) is 3.98. The first-order chi connectivity index (χ1) is 7.44. The van der Waals surface area contributed by atoms with E-state index >= 15 is 0 Å². The van der Waals surface area contributed by atoms with Crippen LogP contribution in [-0.4, -0.2) is 0 Å². The van der Waals surface area contributed by atoms with Gasteiger partial charge in [-0.05, 0) is 42.2 Å². The summed E-state index contributed by atoms with van der Waals surface area (Å²) < 4.78 is 15.6. The van der Waals surface area contributed by atoms with E-state index in [4.69, 9.17) is 2.74 Å². The molecule has 0 N–H and O–H groups in total. The van der Waals surface area contributed by atoms with Crippen molar-refractivity contribution in [3.8, 4) is 0 Å². The lowest BCUT2D eigenvalue weighted by atomic mass is 9.78. The van der Waals surface area contributed by atoms with Gasteiger partial charge in [-0.15, -0.1) is 0 Å². The number of fused-ring (bicyclic) bond motifs is 1. The Bertz CT molecular complexity index is 352. The minimum atomic E-state index is -1.06. The average molecular weight is 190 g/mol. The maximum absolute atomic E-state index is 7.80. The highest BCUT2D eigenvalue weighted by Gasteiger charge is 2.34. The second-order valence-electron chi connectivity index (χ2n) is 4.51. The van der Waals surface area contributed by atoms with Crippen LogP contribution in [0.15, 0.2) is 24.3 Å². The molecule has 0 aromatic heterocycles. The van der Waals surface area contributed by atoms with Gasteiger partial charge >= 0.3 is 0 Å². The highest BCUT2D eigenvalue weighted by molar-refractivity contribution is 5.34. The summed E-state index contributed by atoms with van der Waals surface area (Å²) in [4.78, 5) is 0. The molecule has 0 heterocycles. The highest BCUT2D eigenvalue weighted by Crippen LogP contribution is 2.42. The first-order valence-corrected chi connectivity index (χ1v) is 5.51. The molecule has 0 fully saturated rings. The van der Waals surface area contributed by atoms with Gasteiger partial charge in [-0.3, -0.25) is 0 Å². The Balaban J connectivity index is 2.23. The SMILES string of the molecule is [2H]C([2H])(C)CC1(CC)Cc2ccccc2C1. The van der Waals surface area contributed by atoms with E-state index in [1.165, 1.54) is 11.1 Å². The third-order valence-corrected chi connectivity index (χ3v) is 3.55. The van der Waals surface area contributed by atoms with Crippen molar-refractivity contribution < 1.29 is 2.74 Å². The molecule has 1 aliphatic rings. The molecule has 0 amide bonds. The molecule has 2 rings (SSSR count). The molecule has 0 aliphatic heterocycles. The summed E-state index contributed by atoms with van der Waals surface area (Å²) >= 11 is 0. The molecule has 0 saturated heterocycles. The standard InChI is InChI=1S/C14H20/c1-3-9-14(4-2)10-12-7-5-6-8-13(12)11-14/h5-8H,3-4,9-11H2,1-2H3/i3D2. The second-order valence-corrected chi connectivity index (χ2v) is 4.51. The van der Waals surface area contributed by atoms with Crippen LogP contribution < -0.4 is 0 Å². The van der Waals surface area contributed by atoms with Gasteiger partial charge in [0.25, 0.3) is 0 Å². The number of benzene rings is 1. The summed E-state index contributed by atoms with van der Waals surface area (Å²) in [5.41, 5.74) is 3.00. The summed E-state index contributed by atoms with van der Waals surface area (Å²) in [6, 6.07) is 8.56. The molecule has 1 aliphatic carbocycles. The Morgan fingerprint density at radius 2 is 1.79 bits per heavy atom. The zero-order valence-electron chi connectivity index (χ0n) is 11.1. The number of hydrogen-bond acceptors (Lipinski definition) is 0. The maximum Gasteiger partial charge on any atom is 0.0264 e. The van der Waals surface area contributed by atoms with Crippen molar-refractivity contribution in [1.82, 2.24) is 0 Å². The average Bonchev–Trinajstić information content (AvgIpc) is 2.53. The zero-order chi connectivity index (χ0) is 11.8. The van der Waals surface area contributed by atoms with Crippen molar-refractivity contribution in [3.63, 3.8) is 0 Å². The molecular formula is C14H20. The predicted molar refractivity (Wildman–Crippen MR) is 61.5 cm³/mol. The van der Waals surface area contributed by atoms with E-state index in [0.29, 0.717) is 6.42 Å². The van der Waals surface area contributed by atoms with E-state index in [1.807, 2.05) is 0 Å². The summed E-state index contributed by atoms with van der Waals surface area (Å²) in [7, 11) is 0. The topological polar surface area (TPSA) is 0 Å². The van der Waals surface area contributed by atoms with Gasteiger partial charge < -0.3 is 0 Å². The Kier molecular flexibility index (Phi) is 2.02. The van der Waals surface area contributed by atoms with E-state index < -0.39 is 6.37 Å². The van der Waals surface area contributed by atoms with E-state index in [0.717, 1.165) is 19.3 Å². The lowest BCUT2D eigenvalue weighted by Crippen LogP contribution is -2.19. The van der Waals surface area contributed by atoms with Gasteiger partial charge in [0, 0.05) is 2.74 Å². The van der Waals surface area contributed by atoms with Gasteiger partial charge in [0.1, 0.15) is 0 Å². The molecule has 0 saturated carbocycles. The normalized spacial score (nSPS) is 21.3. The third-order valence-electron chi connectivity index (χ3n) is 3.55. The summed E-state index contributed by atoms with van der Waals surface area (Å²) in [6.45, 7) is 3.89. The molecule has 0 bridgehead atoms. The molecule has 0 spiro atoms. The van der Waals surface area contributed by atoms with E-state index in [1.54, 1.807) is 6.92 Å². The van der Waals surface area contributed by atoms with Crippen molar-refractivity contribution in [2.75, 3.05) is 0 Å². The van der Waals surface area contributed by atoms with Crippen molar-refractivity contribution in [2.45, 2.75) is 45.9 Å². The van der Waals surface area contributed by atoms with Crippen LogP contribution in [0.2, 0.25) is 0 Å². The molecular weight excluding hydrogens is 168 g/mol. The van der Waals surface area contributed by atoms with Gasteiger partial charge in [0.15, 0.2) is 0 Å². The quantitative estimate of drug-likeness (QED) is 0.676. The van der Waals surface area contributed by atoms with Crippen LogP contribution in [-0.2, 0) is 12.8 Å². The van der Waals surface area contributed by atoms with E-state index in [9.17, 15) is 0 Å². The van der Waals surface area contributed by atoms with Crippen LogP contribution in [0.25, 0.3) is 0 Å². The molecule has 1 aromatic rings. The number of hydrogen-bond donors (Lipinski definition) is 0. The largest absolute Gasteiger partial charge is 0.0654 e. The summed E-state index contributed by atoms with van der Waals surface area (Å²) in [5, 5.41) is 0. The molecule has 0 heteroatoms. The van der Waals surface area contributed by atoms with Crippen LogP contribution in [0.4, 0.5) is 0 Å². The Hall–Kier alpha value is -0.780. The second kappa shape index (κ2) is 3.76. The molecule has 0 nitrogen and oxygen atoms in total. The fraction of sp³-hybridized carbons (Fsp3) is 0.571. The number of rotatable bonds is 3. The van der Waals surface area contributed by atoms with Gasteiger partial charge in [-0.25, -0.2) is 0 Å². The molecule has 0 radical (unpaired) electrons. The monoisotopic (exact) mass is 190 g/mol. The summed E-state index contributed by atoms with van der Waals surface area (Å²) in [5.74, 6) is 0. The molecule has 0 atom stereocenters. The molecule has 0 unspecified atom stereocenters. The fourth-order valence-corrected chi connectivity index (χ4v) is 2.65. The minimum Gasteiger partial charge on any atom is -0.0654 e. The Labute approximate surface area is 90.2 Å². The summed E-state index contributed by atoms with van der Waals surface area (Å²) in [6.07, 6.45) is 2.78. The Morgan fingerprint density at radius 1 is 1.21 bits per heavy atom. The first kappa shape index (κ1) is 7.50. The van der Waals surface area contributed by atoms with Crippen molar-refractivity contribution in [2.24, 2.45) is 5.41 Å². The lowest BCUT2D eigenvalue weighted by molar-refractivity contribution is 0.264. The fourth-order valence-electron chi connectivity index (χ4n) is 2.65.